The van der Waals surface area contributed by atoms with E-state index in [9.17, 15) is 43.2 Å². The first-order valence-corrected chi connectivity index (χ1v) is 32.8. The first-order valence-electron chi connectivity index (χ1n) is 32.8. The summed E-state index contributed by atoms with van der Waals surface area (Å²) in [6, 6.07) is 62.0. The van der Waals surface area contributed by atoms with Gasteiger partial charge in [-0.15, -0.1) is 0 Å². The molecule has 16 atom stereocenters. The van der Waals surface area contributed by atoms with E-state index >= 15 is 0 Å². The number of fused-ring (bicyclic) bond motifs is 1. The SMILES string of the molecule is CC(=O)O[C@H]1[C@H](O[C@H]2O[C@H](COC(=O)c3ccccc3)[C@@H](OC(=O)c3ccccc3)[C@H](OC(=O)c3ccccc3)[C@@H]2OC(=O)c2ccccc2)[C@H]2OC(C)O[C@H]2O[C@@H]1CO[C@H]1O[C@H](COC(=O)c2ccccc2)[C@@H](OC(=O)c2ccccc2)[C@H](OC(=O)c2ccccc2)[C@@H]1OC(=O)c1ccccc1. The molecule has 0 radical (unpaired) electrons. The van der Waals surface area contributed by atoms with Crippen LogP contribution in [0, 0.1) is 0 Å². The van der Waals surface area contributed by atoms with Crippen molar-refractivity contribution in [2.75, 3.05) is 19.8 Å². The van der Waals surface area contributed by atoms with Crippen molar-refractivity contribution < 1.29 is 119 Å². The van der Waals surface area contributed by atoms with E-state index in [4.69, 9.17) is 75.8 Å². The van der Waals surface area contributed by atoms with Crippen molar-refractivity contribution in [3.63, 3.8) is 0 Å². The maximum Gasteiger partial charge on any atom is 0.338 e. The quantitative estimate of drug-likeness (QED) is 0.0402. The van der Waals surface area contributed by atoms with Crippen LogP contribution in [0.1, 0.15) is 96.7 Å². The molecule has 25 nitrogen and oxygen atoms in total. The van der Waals surface area contributed by atoms with Gasteiger partial charge in [0, 0.05) is 6.92 Å². The monoisotopic (exact) mass is 1400 g/mol. The summed E-state index contributed by atoms with van der Waals surface area (Å²) in [5.41, 5.74) is 0.297. The van der Waals surface area contributed by atoms with E-state index < -0.39 is 172 Å². The molecule has 0 aromatic heterocycles. The standard InChI is InChI=1S/C78H68O25/c1-46(79)91-59-58(45-90-76-65(101-74(86)54-39-23-9-24-40-54)62(99-72(84)52-35-19-7-20-36-52)60(97-70(82)50-31-15-5-16-32-50)56(94-76)43-88-68(80)48-27-11-3-12-28-48)95-77-66(92-47(2)93-77)64(59)103-78-67(102-75(87)55-41-25-10-26-42-55)63(100-73(85)53-37-21-8-22-38-53)61(98-71(83)51-33-17-6-18-34-51)57(96-78)44-89-69(81)49-29-13-4-14-30-49/h3-42,47,56-67,76-78H,43-45H2,1-2H3/t47?,56-,57-,58-,59-,60-,61-,62+,63+,64+,65+,66-,67+,76+,77+,78-/m1/s1. The first kappa shape index (κ1) is 71.5. The summed E-state index contributed by atoms with van der Waals surface area (Å²) >= 11 is 0. The van der Waals surface area contributed by atoms with Gasteiger partial charge in [0.2, 0.25) is 0 Å². The minimum atomic E-state index is -2.03. The lowest BCUT2D eigenvalue weighted by Gasteiger charge is -2.48. The normalized spacial score (nSPS) is 25.5. The molecule has 0 aliphatic carbocycles. The predicted molar refractivity (Wildman–Crippen MR) is 355 cm³/mol. The highest BCUT2D eigenvalue weighted by atomic mass is 16.8. The molecule has 8 aromatic carbocycles. The van der Waals surface area contributed by atoms with Gasteiger partial charge in [-0.2, -0.15) is 0 Å². The lowest BCUT2D eigenvalue weighted by molar-refractivity contribution is -0.348. The third-order valence-electron chi connectivity index (χ3n) is 16.8. The lowest BCUT2D eigenvalue weighted by Crippen LogP contribution is -2.67. The Kier molecular flexibility index (Phi) is 23.6. The molecule has 0 amide bonds. The van der Waals surface area contributed by atoms with Crippen molar-refractivity contribution in [2.45, 2.75) is 112 Å². The molecule has 4 heterocycles. The molecule has 4 saturated heterocycles. The molecular formula is C78H68O25. The molecule has 12 rings (SSSR count). The number of carbonyl (C=O) groups is 9. The van der Waals surface area contributed by atoms with Gasteiger partial charge in [-0.1, -0.05) is 146 Å². The van der Waals surface area contributed by atoms with Crippen LogP contribution in [-0.2, 0) is 80.6 Å². The van der Waals surface area contributed by atoms with Gasteiger partial charge in [0.15, 0.2) is 67.9 Å². The van der Waals surface area contributed by atoms with Crippen molar-refractivity contribution in [2.24, 2.45) is 0 Å². The zero-order valence-corrected chi connectivity index (χ0v) is 55.2. The summed E-state index contributed by atoms with van der Waals surface area (Å²) in [6.07, 6.45) is -27.6. The molecule has 0 bridgehead atoms. The van der Waals surface area contributed by atoms with E-state index in [0.717, 1.165) is 6.92 Å². The summed E-state index contributed by atoms with van der Waals surface area (Å²) < 4.78 is 102. The van der Waals surface area contributed by atoms with E-state index in [2.05, 4.69) is 0 Å². The Labute approximate surface area is 589 Å². The van der Waals surface area contributed by atoms with E-state index in [0.29, 0.717) is 0 Å². The highest BCUT2D eigenvalue weighted by molar-refractivity contribution is 5.93. The van der Waals surface area contributed by atoms with Crippen LogP contribution in [0.4, 0.5) is 0 Å². The molecule has 530 valence electrons. The number of esters is 9. The zero-order valence-electron chi connectivity index (χ0n) is 55.2. The third kappa shape index (κ3) is 17.9. The third-order valence-corrected chi connectivity index (χ3v) is 16.8. The lowest BCUT2D eigenvalue weighted by atomic mass is 9.95. The van der Waals surface area contributed by atoms with Gasteiger partial charge in [-0.05, 0) is 104 Å². The number of carbonyl (C=O) groups excluding carboxylic acids is 9. The van der Waals surface area contributed by atoms with E-state index in [-0.39, 0.29) is 44.5 Å². The molecule has 0 N–H and O–H groups in total. The summed E-state index contributed by atoms with van der Waals surface area (Å²) in [7, 11) is 0. The van der Waals surface area contributed by atoms with Crippen LogP contribution in [0.5, 0.6) is 0 Å². The number of rotatable bonds is 24. The number of hydrogen-bond donors (Lipinski definition) is 0. The van der Waals surface area contributed by atoms with Crippen LogP contribution < -0.4 is 0 Å². The number of hydrogen-bond acceptors (Lipinski definition) is 25. The maximum absolute atomic E-state index is 14.7. The van der Waals surface area contributed by atoms with Crippen LogP contribution in [0.3, 0.4) is 0 Å². The van der Waals surface area contributed by atoms with Crippen LogP contribution in [0.25, 0.3) is 0 Å². The number of benzene rings is 8. The largest absolute Gasteiger partial charge is 0.459 e. The highest BCUT2D eigenvalue weighted by Crippen LogP contribution is 2.40. The van der Waals surface area contributed by atoms with Crippen molar-refractivity contribution >= 4 is 53.7 Å². The second-order valence-corrected chi connectivity index (χ2v) is 23.8. The minimum absolute atomic E-state index is 0.00162. The fourth-order valence-corrected chi connectivity index (χ4v) is 11.8. The van der Waals surface area contributed by atoms with Gasteiger partial charge in [0.25, 0.3) is 0 Å². The average molecular weight is 1410 g/mol. The Balaban J connectivity index is 0.941. The second kappa shape index (κ2) is 33.9. The van der Waals surface area contributed by atoms with Crippen LogP contribution in [0.2, 0.25) is 0 Å². The zero-order chi connectivity index (χ0) is 71.8. The fraction of sp³-hybridized carbons (Fsp3) is 0.269. The predicted octanol–water partition coefficient (Wildman–Crippen LogP) is 9.32. The van der Waals surface area contributed by atoms with Gasteiger partial charge in [-0.3, -0.25) is 4.79 Å². The molecule has 4 fully saturated rings. The second-order valence-electron chi connectivity index (χ2n) is 23.8. The molecule has 0 saturated carbocycles. The van der Waals surface area contributed by atoms with E-state index in [1.54, 1.807) is 146 Å². The Morgan fingerprint density at radius 3 is 0.883 bits per heavy atom. The molecule has 4 aliphatic rings. The average Bonchev–Trinajstić information content (AvgIpc) is 1.74. The smallest absolute Gasteiger partial charge is 0.338 e. The van der Waals surface area contributed by atoms with Crippen molar-refractivity contribution in [1.82, 2.24) is 0 Å². The summed E-state index contributed by atoms with van der Waals surface area (Å²) in [6.45, 7) is 0.343. The van der Waals surface area contributed by atoms with E-state index in [1.165, 1.54) is 104 Å². The number of ether oxygens (including phenoxy) is 16. The van der Waals surface area contributed by atoms with Gasteiger partial charge in [0.1, 0.15) is 43.7 Å². The van der Waals surface area contributed by atoms with Gasteiger partial charge >= 0.3 is 53.7 Å². The van der Waals surface area contributed by atoms with E-state index in [1.807, 2.05) is 0 Å². The topological polar surface area (TPSA) is 301 Å². The molecule has 0 spiro atoms. The molecular weight excluding hydrogens is 1340 g/mol. The van der Waals surface area contributed by atoms with Crippen molar-refractivity contribution in [1.29, 1.82) is 0 Å². The first-order chi connectivity index (χ1) is 50.1. The Bertz CT molecular complexity index is 4200. The van der Waals surface area contributed by atoms with Gasteiger partial charge in [0.05, 0.1) is 51.1 Å². The van der Waals surface area contributed by atoms with Crippen LogP contribution in [0.15, 0.2) is 243 Å². The molecule has 4 aliphatic heterocycles. The molecule has 103 heavy (non-hydrogen) atoms. The fourth-order valence-electron chi connectivity index (χ4n) is 11.8. The summed E-state index contributed by atoms with van der Waals surface area (Å²) in [4.78, 5) is 129. The van der Waals surface area contributed by atoms with Crippen LogP contribution >= 0.6 is 0 Å². The molecule has 25 heteroatoms. The summed E-state index contributed by atoms with van der Waals surface area (Å²) in [5.74, 6) is -8.62. The Hall–Kier alpha value is -11.3. The Morgan fingerprint density at radius 1 is 0.282 bits per heavy atom. The van der Waals surface area contributed by atoms with Crippen molar-refractivity contribution in [3.8, 4) is 0 Å². The van der Waals surface area contributed by atoms with Crippen LogP contribution in [-0.4, -0.2) is 172 Å². The molecule has 8 aromatic rings. The minimum Gasteiger partial charge on any atom is -0.459 e. The van der Waals surface area contributed by atoms with Gasteiger partial charge in [-0.25, -0.2) is 38.4 Å². The van der Waals surface area contributed by atoms with Gasteiger partial charge < -0.3 is 75.8 Å². The van der Waals surface area contributed by atoms with Crippen molar-refractivity contribution in [3.05, 3.63) is 287 Å². The Morgan fingerprint density at radius 2 is 0.553 bits per heavy atom. The molecule has 1 unspecified atom stereocenters. The maximum atomic E-state index is 14.7. The highest BCUT2D eigenvalue weighted by Gasteiger charge is 2.60. The summed E-state index contributed by atoms with van der Waals surface area (Å²) in [5, 5.41) is 0.